The van der Waals surface area contributed by atoms with Crippen LogP contribution in [-0.4, -0.2) is 31.1 Å². The van der Waals surface area contributed by atoms with Gasteiger partial charge in [0.05, 0.1) is 0 Å². The smallest absolute Gasteiger partial charge is 0.332 e. The van der Waals surface area contributed by atoms with Crippen molar-refractivity contribution in [1.29, 1.82) is 0 Å². The first-order valence-corrected chi connectivity index (χ1v) is 10.8. The zero-order valence-electron chi connectivity index (χ0n) is 17.3. The molecule has 1 amide bonds. The molecule has 0 saturated heterocycles. The second-order valence-electron chi connectivity index (χ2n) is 7.30. The van der Waals surface area contributed by atoms with Gasteiger partial charge in [-0.05, 0) is 35.7 Å². The number of rotatable bonds is 7. The molecular weight excluding hydrogens is 465 g/mol. The van der Waals surface area contributed by atoms with Gasteiger partial charge in [-0.15, -0.1) is 0 Å². The first kappa shape index (κ1) is 23.4. The van der Waals surface area contributed by atoms with Crippen LogP contribution in [0.25, 0.3) is 11.2 Å². The van der Waals surface area contributed by atoms with Crippen molar-refractivity contribution >= 4 is 51.9 Å². The summed E-state index contributed by atoms with van der Waals surface area (Å²) in [7, 11) is 2.85. The Morgan fingerprint density at radius 3 is 2.52 bits per heavy atom. The van der Waals surface area contributed by atoms with Gasteiger partial charge in [0, 0.05) is 36.6 Å². The number of amides is 1. The van der Waals surface area contributed by atoms with E-state index in [0.717, 1.165) is 23.0 Å². The third kappa shape index (κ3) is 4.66. The minimum absolute atomic E-state index is 0.00223. The minimum atomic E-state index is -0.567. The molecule has 0 bridgehead atoms. The number of hydrogen-bond donors (Lipinski definition) is 1. The van der Waals surface area contributed by atoms with Gasteiger partial charge in [-0.2, -0.15) is 4.98 Å². The number of hydrogen-bond acceptors (Lipinski definition) is 4. The summed E-state index contributed by atoms with van der Waals surface area (Å²) in [6.45, 7) is 2.20. The van der Waals surface area contributed by atoms with Gasteiger partial charge in [0.1, 0.15) is 6.54 Å². The average molecular weight is 487 g/mol. The van der Waals surface area contributed by atoms with Crippen molar-refractivity contribution < 1.29 is 4.79 Å². The number of fused-ring (bicyclic) bond motifs is 1. The van der Waals surface area contributed by atoms with E-state index in [-0.39, 0.29) is 34.8 Å². The molecule has 11 heteroatoms. The highest BCUT2D eigenvalue weighted by atomic mass is 35.5. The largest absolute Gasteiger partial charge is 0.354 e. The van der Waals surface area contributed by atoms with E-state index in [9.17, 15) is 14.4 Å². The fraction of sp³-hybridized carbons (Fsp3) is 0.400. The van der Waals surface area contributed by atoms with Crippen molar-refractivity contribution in [3.05, 3.63) is 59.9 Å². The van der Waals surface area contributed by atoms with Gasteiger partial charge < -0.3 is 5.32 Å². The maximum atomic E-state index is 12.7. The van der Waals surface area contributed by atoms with E-state index in [1.807, 2.05) is 6.07 Å². The Kier molecular flexibility index (Phi) is 7.13. The molecule has 0 spiro atoms. The molecule has 0 saturated carbocycles. The van der Waals surface area contributed by atoms with E-state index in [1.165, 1.54) is 23.2 Å². The number of nitrogens with one attached hydrogen (secondary N) is 1. The number of aromatic nitrogens is 4. The SMILES string of the molecule is CCC[C@@H](CNC(=O)Cn1c(Cl)nc2c1c(=O)n(C)c(=O)n2C)c1ccc(Cl)cc1Cl. The average Bonchev–Trinajstić information content (AvgIpc) is 3.04. The first-order chi connectivity index (χ1) is 14.6. The third-order valence-electron chi connectivity index (χ3n) is 5.19. The van der Waals surface area contributed by atoms with Gasteiger partial charge in [0.25, 0.3) is 5.56 Å². The summed E-state index contributed by atoms with van der Waals surface area (Å²) in [6.07, 6.45) is 1.72. The molecule has 2 heterocycles. The van der Waals surface area contributed by atoms with Gasteiger partial charge >= 0.3 is 5.69 Å². The number of aryl methyl sites for hydroxylation is 1. The summed E-state index contributed by atoms with van der Waals surface area (Å²) in [6, 6.07) is 5.31. The predicted octanol–water partition coefficient (Wildman–Crippen LogP) is 3.09. The lowest BCUT2D eigenvalue weighted by molar-refractivity contribution is -0.121. The number of imidazole rings is 1. The van der Waals surface area contributed by atoms with Crippen molar-refractivity contribution in [2.24, 2.45) is 14.1 Å². The van der Waals surface area contributed by atoms with Crippen molar-refractivity contribution in [3.63, 3.8) is 0 Å². The highest BCUT2D eigenvalue weighted by Crippen LogP contribution is 2.30. The van der Waals surface area contributed by atoms with Crippen LogP contribution >= 0.6 is 34.8 Å². The maximum absolute atomic E-state index is 12.7. The van der Waals surface area contributed by atoms with E-state index in [0.29, 0.717) is 16.6 Å². The van der Waals surface area contributed by atoms with Gasteiger partial charge in [0.15, 0.2) is 11.2 Å². The van der Waals surface area contributed by atoms with Crippen LogP contribution in [0, 0.1) is 0 Å². The zero-order chi connectivity index (χ0) is 22.9. The Labute approximate surface area is 193 Å². The summed E-state index contributed by atoms with van der Waals surface area (Å²) < 4.78 is 3.48. The monoisotopic (exact) mass is 485 g/mol. The lowest BCUT2D eigenvalue weighted by Gasteiger charge is -2.19. The topological polar surface area (TPSA) is 90.9 Å². The third-order valence-corrected chi connectivity index (χ3v) is 6.04. The Bertz CT molecular complexity index is 1260. The molecule has 0 aliphatic rings. The molecule has 0 aliphatic heterocycles. The number of benzene rings is 1. The summed E-state index contributed by atoms with van der Waals surface area (Å²) in [5.41, 5.74) is 0.0362. The van der Waals surface area contributed by atoms with Crippen LogP contribution in [0.3, 0.4) is 0 Å². The fourth-order valence-corrected chi connectivity index (χ4v) is 4.34. The standard InChI is InChI=1S/C20H22Cl3N5O3/c1-4-5-11(13-7-6-12(21)8-14(13)22)9-24-15(29)10-28-16-17(25-19(28)23)26(2)20(31)27(3)18(16)30/h6-8,11H,4-5,9-10H2,1-3H3,(H,24,29)/t11-/m0/s1. The molecule has 3 aromatic rings. The molecule has 8 nitrogen and oxygen atoms in total. The highest BCUT2D eigenvalue weighted by molar-refractivity contribution is 6.35. The molecule has 0 aliphatic carbocycles. The molecular formula is C20H22Cl3N5O3. The molecule has 0 radical (unpaired) electrons. The van der Waals surface area contributed by atoms with Gasteiger partial charge in [-0.3, -0.25) is 23.3 Å². The molecule has 31 heavy (non-hydrogen) atoms. The molecule has 1 atom stereocenters. The van der Waals surface area contributed by atoms with E-state index in [4.69, 9.17) is 34.8 Å². The van der Waals surface area contributed by atoms with Crippen LogP contribution < -0.4 is 16.6 Å². The number of halogens is 3. The minimum Gasteiger partial charge on any atom is -0.354 e. The van der Waals surface area contributed by atoms with Gasteiger partial charge in [0.2, 0.25) is 11.2 Å². The van der Waals surface area contributed by atoms with E-state index in [1.54, 1.807) is 12.1 Å². The lowest BCUT2D eigenvalue weighted by Crippen LogP contribution is -2.38. The van der Waals surface area contributed by atoms with Crippen LogP contribution in [-0.2, 0) is 25.4 Å². The van der Waals surface area contributed by atoms with E-state index >= 15 is 0 Å². The first-order valence-electron chi connectivity index (χ1n) is 9.69. The van der Waals surface area contributed by atoms with Gasteiger partial charge in [-0.25, -0.2) is 4.79 Å². The fourth-order valence-electron chi connectivity index (χ4n) is 3.55. The molecule has 0 fully saturated rings. The molecule has 1 N–H and O–H groups in total. The van der Waals surface area contributed by atoms with Crippen LogP contribution in [0.1, 0.15) is 31.2 Å². The highest BCUT2D eigenvalue weighted by Gasteiger charge is 2.21. The quantitative estimate of drug-likeness (QED) is 0.520. The predicted molar refractivity (Wildman–Crippen MR) is 122 cm³/mol. The Hall–Kier alpha value is -2.29. The van der Waals surface area contributed by atoms with Crippen LogP contribution in [0.5, 0.6) is 0 Å². The number of nitrogens with zero attached hydrogens (tertiary/aromatic N) is 4. The molecule has 166 valence electrons. The van der Waals surface area contributed by atoms with Crippen molar-refractivity contribution in [2.45, 2.75) is 32.2 Å². The summed E-state index contributed by atoms with van der Waals surface area (Å²) in [5.74, 6) is -0.342. The van der Waals surface area contributed by atoms with Crippen LogP contribution in [0.2, 0.25) is 15.3 Å². The molecule has 0 unspecified atom stereocenters. The Balaban J connectivity index is 1.83. The van der Waals surface area contributed by atoms with Crippen molar-refractivity contribution in [3.8, 4) is 0 Å². The number of carbonyl (C=O) groups is 1. The summed E-state index contributed by atoms with van der Waals surface area (Å²) in [5, 5.41) is 3.93. The molecule has 1 aromatic carbocycles. The van der Waals surface area contributed by atoms with Gasteiger partial charge in [-0.1, -0.05) is 42.6 Å². The van der Waals surface area contributed by atoms with Crippen LogP contribution in [0.15, 0.2) is 27.8 Å². The lowest BCUT2D eigenvalue weighted by atomic mass is 9.94. The molecule has 3 rings (SSSR count). The second-order valence-corrected chi connectivity index (χ2v) is 8.48. The van der Waals surface area contributed by atoms with Crippen molar-refractivity contribution in [2.75, 3.05) is 6.54 Å². The normalized spacial score (nSPS) is 12.3. The number of carbonyl (C=O) groups excluding carboxylic acids is 1. The van der Waals surface area contributed by atoms with E-state index in [2.05, 4.69) is 17.2 Å². The summed E-state index contributed by atoms with van der Waals surface area (Å²) >= 11 is 18.5. The zero-order valence-corrected chi connectivity index (χ0v) is 19.6. The van der Waals surface area contributed by atoms with Crippen molar-refractivity contribution in [1.82, 2.24) is 24.0 Å². The Morgan fingerprint density at radius 1 is 1.16 bits per heavy atom. The summed E-state index contributed by atoms with van der Waals surface area (Å²) in [4.78, 5) is 41.5. The Morgan fingerprint density at radius 2 is 1.87 bits per heavy atom. The van der Waals surface area contributed by atoms with E-state index < -0.39 is 11.2 Å². The second kappa shape index (κ2) is 9.46. The van der Waals surface area contributed by atoms with Crippen LogP contribution in [0.4, 0.5) is 0 Å². The molecule has 2 aromatic heterocycles. The maximum Gasteiger partial charge on any atom is 0.332 e.